The Morgan fingerprint density at radius 3 is 2.51 bits per heavy atom. The summed E-state index contributed by atoms with van der Waals surface area (Å²) in [4.78, 5) is 20.9. The average Bonchev–Trinajstić information content (AvgIpc) is 3.49. The lowest BCUT2D eigenvalue weighted by Crippen LogP contribution is -2.49. The van der Waals surface area contributed by atoms with E-state index in [9.17, 15) is 15.2 Å². The van der Waals surface area contributed by atoms with E-state index < -0.39 is 6.10 Å². The summed E-state index contributed by atoms with van der Waals surface area (Å²) in [5, 5.41) is 27.8. The normalized spacial score (nSPS) is 14.8. The van der Waals surface area contributed by atoms with Crippen molar-refractivity contribution < 1.29 is 9.90 Å². The second-order valence-corrected chi connectivity index (χ2v) is 8.83. The molecule has 178 valence electrons. The van der Waals surface area contributed by atoms with E-state index in [4.69, 9.17) is 4.98 Å². The van der Waals surface area contributed by atoms with Crippen LogP contribution in [-0.2, 0) is 11.8 Å². The van der Waals surface area contributed by atoms with Crippen LogP contribution in [0.25, 0.3) is 27.8 Å². The highest BCUT2D eigenvalue weighted by Gasteiger charge is 2.23. The number of aryl methyl sites for hydroxylation is 1. The second-order valence-electron chi connectivity index (χ2n) is 8.83. The molecule has 0 aliphatic carbocycles. The number of hydrogen-bond donors (Lipinski definition) is 1. The van der Waals surface area contributed by atoms with E-state index in [1.165, 1.54) is 0 Å². The molecule has 5 heterocycles. The van der Waals surface area contributed by atoms with Gasteiger partial charge < -0.3 is 14.9 Å². The Morgan fingerprint density at radius 2 is 1.89 bits per heavy atom. The molecule has 10 nitrogen and oxygen atoms in total. The number of aliphatic hydroxyl groups excluding tert-OH is 1. The maximum absolute atomic E-state index is 12.2. The summed E-state index contributed by atoms with van der Waals surface area (Å²) in [6.45, 7) is 4.19. The van der Waals surface area contributed by atoms with Crippen LogP contribution >= 0.6 is 0 Å². The number of amides is 1. The molecule has 0 spiro atoms. The fourth-order valence-electron chi connectivity index (χ4n) is 4.45. The first-order valence-electron chi connectivity index (χ1n) is 11.5. The molecule has 0 radical (unpaired) electrons. The van der Waals surface area contributed by atoms with Crippen LogP contribution in [0.4, 0.5) is 5.82 Å². The number of nitriles is 1. The van der Waals surface area contributed by atoms with E-state index >= 15 is 0 Å². The topological polar surface area (TPSA) is 116 Å². The van der Waals surface area contributed by atoms with Crippen molar-refractivity contribution in [2.75, 3.05) is 31.1 Å². The molecule has 10 heteroatoms. The van der Waals surface area contributed by atoms with Gasteiger partial charge in [0.2, 0.25) is 5.91 Å². The van der Waals surface area contributed by atoms with Gasteiger partial charge in [-0.25, -0.2) is 9.50 Å². The molecule has 0 aromatic carbocycles. The Balaban J connectivity index is 1.42. The van der Waals surface area contributed by atoms with Crippen LogP contribution in [0.2, 0.25) is 0 Å². The van der Waals surface area contributed by atoms with Crippen LogP contribution in [0.15, 0.2) is 49.2 Å². The zero-order valence-electron chi connectivity index (χ0n) is 19.7. The van der Waals surface area contributed by atoms with E-state index in [0.717, 1.165) is 33.6 Å². The average molecular weight is 471 g/mol. The molecule has 4 aromatic rings. The molecular formula is C25H26N8O2. The first-order valence-corrected chi connectivity index (χ1v) is 11.5. The summed E-state index contributed by atoms with van der Waals surface area (Å²) >= 11 is 0. The number of anilines is 1. The predicted molar refractivity (Wildman–Crippen MR) is 130 cm³/mol. The van der Waals surface area contributed by atoms with Gasteiger partial charge in [-0.15, -0.1) is 0 Å². The molecule has 1 aliphatic rings. The first-order chi connectivity index (χ1) is 16.9. The van der Waals surface area contributed by atoms with Crippen molar-refractivity contribution in [3.8, 4) is 28.3 Å². The number of carbonyl (C=O) groups is 1. The third kappa shape index (κ3) is 4.46. The van der Waals surface area contributed by atoms with Crippen molar-refractivity contribution >= 4 is 17.2 Å². The molecule has 5 rings (SSSR count). The zero-order chi connectivity index (χ0) is 24.5. The Hall–Kier alpha value is -4.23. The largest absolute Gasteiger partial charge is 0.393 e. The summed E-state index contributed by atoms with van der Waals surface area (Å²) in [7, 11) is 1.87. The molecule has 1 atom stereocenters. The maximum atomic E-state index is 12.2. The summed E-state index contributed by atoms with van der Waals surface area (Å²) in [5.74, 6) is 0.819. The lowest BCUT2D eigenvalue weighted by atomic mass is 10.0. The molecule has 0 unspecified atom stereocenters. The number of aromatic nitrogens is 5. The van der Waals surface area contributed by atoms with Crippen molar-refractivity contribution in [3.63, 3.8) is 0 Å². The smallest absolute Gasteiger partial charge is 0.225 e. The van der Waals surface area contributed by atoms with Crippen LogP contribution in [0.5, 0.6) is 0 Å². The van der Waals surface area contributed by atoms with Crippen LogP contribution in [0, 0.1) is 11.3 Å². The van der Waals surface area contributed by atoms with E-state index in [1.54, 1.807) is 33.4 Å². The van der Waals surface area contributed by atoms with Crippen LogP contribution < -0.4 is 4.90 Å². The van der Waals surface area contributed by atoms with Gasteiger partial charge in [0.05, 0.1) is 36.0 Å². The standard InChI is InChI=1S/C25H26N8O2/c1-17(34)9-24(35)32-7-5-31(6-8-32)23-4-3-18(12-27-23)22-10-19(21-14-28-30(2)15-21)16-33-25(22)20(11-26)13-29-33/h3-4,10,12-17,34H,5-9H2,1-2H3/t17-/m1/s1. The van der Waals surface area contributed by atoms with Crippen LogP contribution in [-0.4, -0.2) is 72.6 Å². The fraction of sp³-hybridized carbons (Fsp3) is 0.320. The minimum atomic E-state index is -0.629. The number of rotatable bonds is 5. The highest BCUT2D eigenvalue weighted by molar-refractivity contribution is 5.87. The Bertz CT molecular complexity index is 1410. The number of hydrogen-bond acceptors (Lipinski definition) is 7. The van der Waals surface area contributed by atoms with Gasteiger partial charge in [0.25, 0.3) is 0 Å². The van der Waals surface area contributed by atoms with Gasteiger partial charge in [-0.1, -0.05) is 0 Å². The van der Waals surface area contributed by atoms with Gasteiger partial charge in [-0.05, 0) is 25.1 Å². The zero-order valence-corrected chi connectivity index (χ0v) is 19.7. The van der Waals surface area contributed by atoms with Gasteiger partial charge in [0.15, 0.2) is 0 Å². The lowest BCUT2D eigenvalue weighted by Gasteiger charge is -2.35. The molecule has 4 aromatic heterocycles. The quantitative estimate of drug-likeness (QED) is 0.475. The number of nitrogens with zero attached hydrogens (tertiary/aromatic N) is 8. The SMILES string of the molecule is C[C@@H](O)CC(=O)N1CCN(c2ccc(-c3cc(-c4cnn(C)c4)cn4ncc(C#N)c34)cn2)CC1. The minimum Gasteiger partial charge on any atom is -0.393 e. The third-order valence-corrected chi connectivity index (χ3v) is 6.26. The molecular weight excluding hydrogens is 444 g/mol. The van der Waals surface area contributed by atoms with Crippen molar-refractivity contribution in [1.82, 2.24) is 29.3 Å². The lowest BCUT2D eigenvalue weighted by molar-refractivity contribution is -0.133. The van der Waals surface area contributed by atoms with Crippen molar-refractivity contribution in [2.24, 2.45) is 7.05 Å². The van der Waals surface area contributed by atoms with Crippen molar-refractivity contribution in [3.05, 3.63) is 54.7 Å². The highest BCUT2D eigenvalue weighted by atomic mass is 16.3. The predicted octanol–water partition coefficient (Wildman–Crippen LogP) is 2.09. The molecule has 35 heavy (non-hydrogen) atoms. The molecule has 1 saturated heterocycles. The fourth-order valence-corrected chi connectivity index (χ4v) is 4.45. The van der Waals surface area contributed by atoms with E-state index in [2.05, 4.69) is 21.2 Å². The molecule has 1 amide bonds. The third-order valence-electron chi connectivity index (χ3n) is 6.26. The van der Waals surface area contributed by atoms with Gasteiger partial charge in [0, 0.05) is 74.1 Å². The first kappa shape index (κ1) is 22.6. The number of carbonyl (C=O) groups excluding carboxylic acids is 1. The van der Waals surface area contributed by atoms with Crippen molar-refractivity contribution in [1.29, 1.82) is 5.26 Å². The number of pyridine rings is 2. The maximum Gasteiger partial charge on any atom is 0.225 e. The van der Waals surface area contributed by atoms with Gasteiger partial charge in [0.1, 0.15) is 11.9 Å². The summed E-state index contributed by atoms with van der Waals surface area (Å²) in [6.07, 6.45) is 8.55. The molecule has 0 bridgehead atoms. The molecule has 1 aliphatic heterocycles. The number of aliphatic hydroxyl groups is 1. The van der Waals surface area contributed by atoms with Gasteiger partial charge in [-0.3, -0.25) is 9.48 Å². The highest BCUT2D eigenvalue weighted by Crippen LogP contribution is 2.32. The minimum absolute atomic E-state index is 0.0189. The monoisotopic (exact) mass is 470 g/mol. The van der Waals surface area contributed by atoms with E-state index in [1.807, 2.05) is 43.8 Å². The Labute approximate surface area is 202 Å². The Kier molecular flexibility index (Phi) is 5.93. The summed E-state index contributed by atoms with van der Waals surface area (Å²) < 4.78 is 3.48. The second kappa shape index (κ2) is 9.19. The molecule has 1 fully saturated rings. The summed E-state index contributed by atoms with van der Waals surface area (Å²) in [6, 6.07) is 8.25. The van der Waals surface area contributed by atoms with Crippen LogP contribution in [0.3, 0.4) is 0 Å². The van der Waals surface area contributed by atoms with Crippen LogP contribution in [0.1, 0.15) is 18.9 Å². The molecule has 1 N–H and O–H groups in total. The van der Waals surface area contributed by atoms with E-state index in [-0.39, 0.29) is 12.3 Å². The van der Waals surface area contributed by atoms with Gasteiger partial charge in [-0.2, -0.15) is 15.5 Å². The van der Waals surface area contributed by atoms with Crippen molar-refractivity contribution in [2.45, 2.75) is 19.4 Å². The Morgan fingerprint density at radius 1 is 1.09 bits per heavy atom. The van der Waals surface area contributed by atoms with Gasteiger partial charge >= 0.3 is 0 Å². The number of fused-ring (bicyclic) bond motifs is 1. The summed E-state index contributed by atoms with van der Waals surface area (Å²) in [5.41, 5.74) is 4.88. The van der Waals surface area contributed by atoms with E-state index in [0.29, 0.717) is 31.7 Å². The molecule has 0 saturated carbocycles. The number of piperazine rings is 1.